The first-order valence-corrected chi connectivity index (χ1v) is 8.93. The molecule has 0 saturated carbocycles. The van der Waals surface area contributed by atoms with Gasteiger partial charge in [0.15, 0.2) is 0 Å². The van der Waals surface area contributed by atoms with Crippen LogP contribution in [0.2, 0.25) is 0 Å². The maximum absolute atomic E-state index is 12.9. The topological polar surface area (TPSA) is 49.8 Å². The number of aliphatic hydroxyl groups is 1. The van der Waals surface area contributed by atoms with Crippen LogP contribution in [0.15, 0.2) is 42.5 Å². The van der Waals surface area contributed by atoms with Gasteiger partial charge in [0, 0.05) is 29.3 Å². The smallest absolute Gasteiger partial charge is 0.258 e. The molecule has 0 radical (unpaired) electrons. The van der Waals surface area contributed by atoms with Crippen LogP contribution in [-0.2, 0) is 0 Å². The molecule has 0 bridgehead atoms. The fourth-order valence-electron chi connectivity index (χ4n) is 3.87. The number of hydrogen-bond donors (Lipinski definition) is 1. The van der Waals surface area contributed by atoms with Gasteiger partial charge in [-0.25, -0.2) is 0 Å². The minimum absolute atomic E-state index is 0.00187. The third-order valence-electron chi connectivity index (χ3n) is 4.95. The fraction of sp³-hybridized carbons (Fsp3) is 0.316. The van der Waals surface area contributed by atoms with E-state index in [4.69, 9.17) is 4.74 Å². The van der Waals surface area contributed by atoms with Gasteiger partial charge in [-0.15, -0.1) is 0 Å². The molecule has 0 unspecified atom stereocenters. The van der Waals surface area contributed by atoms with Crippen molar-refractivity contribution >= 4 is 27.5 Å². The van der Waals surface area contributed by atoms with E-state index >= 15 is 0 Å². The van der Waals surface area contributed by atoms with E-state index in [2.05, 4.69) is 15.9 Å². The highest BCUT2D eigenvalue weighted by Gasteiger charge is 2.43. The van der Waals surface area contributed by atoms with Crippen molar-refractivity contribution in [3.05, 3.63) is 59.2 Å². The molecular formula is C19H18BrNO3. The molecule has 1 amide bonds. The number of carbonyl (C=O) groups is 1. The third-order valence-corrected chi connectivity index (χ3v) is 6.02. The summed E-state index contributed by atoms with van der Waals surface area (Å²) in [7, 11) is 1.63. The van der Waals surface area contributed by atoms with E-state index in [-0.39, 0.29) is 16.7 Å². The maximum Gasteiger partial charge on any atom is 0.258 e. The SMILES string of the molecule is COc1ccc2c3c1[C@@H](Br)[C@H](O)C[C@H]3CN2C(=O)c1ccccc1. The van der Waals surface area contributed by atoms with Gasteiger partial charge >= 0.3 is 0 Å². The number of anilines is 1. The molecule has 2 aliphatic rings. The second-order valence-corrected chi connectivity index (χ2v) is 7.28. The Morgan fingerprint density at radius 1 is 1.21 bits per heavy atom. The van der Waals surface area contributed by atoms with Crippen molar-refractivity contribution in [3.63, 3.8) is 0 Å². The monoisotopic (exact) mass is 387 g/mol. The van der Waals surface area contributed by atoms with Crippen LogP contribution in [0, 0.1) is 0 Å². The Balaban J connectivity index is 1.82. The van der Waals surface area contributed by atoms with Crippen LogP contribution < -0.4 is 9.64 Å². The first-order chi connectivity index (χ1) is 11.6. The third kappa shape index (κ3) is 2.26. The second kappa shape index (κ2) is 5.90. The zero-order valence-electron chi connectivity index (χ0n) is 13.3. The van der Waals surface area contributed by atoms with E-state index in [9.17, 15) is 9.90 Å². The van der Waals surface area contributed by atoms with Gasteiger partial charge in [-0.3, -0.25) is 4.79 Å². The van der Waals surface area contributed by atoms with Crippen molar-refractivity contribution in [1.82, 2.24) is 0 Å². The summed E-state index contributed by atoms with van der Waals surface area (Å²) in [6, 6.07) is 13.2. The molecule has 0 fully saturated rings. The van der Waals surface area contributed by atoms with Gasteiger partial charge in [-0.05, 0) is 36.2 Å². The zero-order valence-corrected chi connectivity index (χ0v) is 14.9. The Bertz CT molecular complexity index is 793. The average molecular weight is 388 g/mol. The van der Waals surface area contributed by atoms with Crippen molar-refractivity contribution in [3.8, 4) is 5.75 Å². The van der Waals surface area contributed by atoms with Crippen molar-refractivity contribution in [1.29, 1.82) is 0 Å². The van der Waals surface area contributed by atoms with E-state index in [1.807, 2.05) is 47.4 Å². The number of halogens is 1. The number of ether oxygens (including phenoxy) is 1. The number of rotatable bonds is 2. The van der Waals surface area contributed by atoms with Crippen LogP contribution >= 0.6 is 15.9 Å². The highest BCUT2D eigenvalue weighted by molar-refractivity contribution is 9.09. The molecule has 4 rings (SSSR count). The van der Waals surface area contributed by atoms with Crippen LogP contribution in [0.4, 0.5) is 5.69 Å². The summed E-state index contributed by atoms with van der Waals surface area (Å²) in [6.45, 7) is 0.597. The average Bonchev–Trinajstić information content (AvgIpc) is 2.98. The highest BCUT2D eigenvalue weighted by atomic mass is 79.9. The van der Waals surface area contributed by atoms with Crippen LogP contribution in [0.3, 0.4) is 0 Å². The Morgan fingerprint density at radius 3 is 2.67 bits per heavy atom. The predicted molar refractivity (Wildman–Crippen MR) is 96.1 cm³/mol. The number of aliphatic hydroxyl groups excluding tert-OH is 1. The Morgan fingerprint density at radius 2 is 1.96 bits per heavy atom. The molecule has 1 aliphatic heterocycles. The first-order valence-electron chi connectivity index (χ1n) is 8.01. The standard InChI is InChI=1S/C19H18BrNO3/c1-24-15-8-7-13-16-12(9-14(22)18(20)17(15)16)10-21(13)19(23)11-5-3-2-4-6-11/h2-8,12,14,18,22H,9-10H2,1H3/t12-,14+,18-/m0/s1. The Labute approximate surface area is 149 Å². The maximum atomic E-state index is 12.9. The molecule has 1 N–H and O–H groups in total. The summed E-state index contributed by atoms with van der Waals surface area (Å²) < 4.78 is 5.50. The van der Waals surface area contributed by atoms with Crippen molar-refractivity contribution in [2.24, 2.45) is 0 Å². The molecule has 1 aliphatic carbocycles. The summed E-state index contributed by atoms with van der Waals surface area (Å²) in [5.41, 5.74) is 3.71. The summed E-state index contributed by atoms with van der Waals surface area (Å²) in [6.07, 6.45) is 0.153. The summed E-state index contributed by atoms with van der Waals surface area (Å²) in [5.74, 6) is 0.896. The quantitative estimate of drug-likeness (QED) is 0.800. The second-order valence-electron chi connectivity index (χ2n) is 6.30. The van der Waals surface area contributed by atoms with Crippen molar-refractivity contribution < 1.29 is 14.6 Å². The van der Waals surface area contributed by atoms with E-state index < -0.39 is 6.10 Å². The number of methoxy groups -OCH3 is 1. The molecule has 124 valence electrons. The van der Waals surface area contributed by atoms with Crippen LogP contribution in [0.25, 0.3) is 0 Å². The molecule has 5 heteroatoms. The van der Waals surface area contributed by atoms with Gasteiger partial charge < -0.3 is 14.7 Å². The Kier molecular flexibility index (Phi) is 3.85. The van der Waals surface area contributed by atoms with Crippen molar-refractivity contribution in [2.75, 3.05) is 18.6 Å². The lowest BCUT2D eigenvalue weighted by Gasteiger charge is -2.30. The molecule has 2 aromatic carbocycles. The van der Waals surface area contributed by atoms with Crippen LogP contribution in [0.5, 0.6) is 5.75 Å². The molecule has 3 atom stereocenters. The first kappa shape index (κ1) is 15.7. The lowest BCUT2D eigenvalue weighted by molar-refractivity contribution is 0.0984. The van der Waals surface area contributed by atoms with Gasteiger partial charge in [0.1, 0.15) is 5.75 Å². The largest absolute Gasteiger partial charge is 0.496 e. The summed E-state index contributed by atoms with van der Waals surface area (Å²) in [5, 5.41) is 10.4. The molecule has 1 heterocycles. The minimum atomic E-state index is -0.488. The molecule has 2 aromatic rings. The normalized spacial score (nSPS) is 24.6. The van der Waals surface area contributed by atoms with Crippen LogP contribution in [-0.4, -0.2) is 30.8 Å². The number of alkyl halides is 1. The number of hydrogen-bond acceptors (Lipinski definition) is 3. The molecule has 4 nitrogen and oxygen atoms in total. The number of carbonyl (C=O) groups excluding carboxylic acids is 1. The summed E-state index contributed by atoms with van der Waals surface area (Å²) in [4.78, 5) is 14.6. The lowest BCUT2D eigenvalue weighted by atomic mass is 9.82. The van der Waals surface area contributed by atoms with Gasteiger partial charge in [-0.2, -0.15) is 0 Å². The molecular weight excluding hydrogens is 370 g/mol. The number of amides is 1. The zero-order chi connectivity index (χ0) is 16.8. The molecule has 0 aromatic heterocycles. The lowest BCUT2D eigenvalue weighted by Crippen LogP contribution is -2.31. The number of nitrogens with zero attached hydrogens (tertiary/aromatic N) is 1. The van der Waals surface area contributed by atoms with Gasteiger partial charge in [0.25, 0.3) is 5.91 Å². The van der Waals surface area contributed by atoms with Gasteiger partial charge in [0.05, 0.1) is 18.0 Å². The fourth-order valence-corrected chi connectivity index (χ4v) is 4.55. The number of benzene rings is 2. The van der Waals surface area contributed by atoms with E-state index in [1.165, 1.54) is 0 Å². The van der Waals surface area contributed by atoms with E-state index in [0.29, 0.717) is 18.5 Å². The Hall–Kier alpha value is -1.85. The minimum Gasteiger partial charge on any atom is -0.496 e. The molecule has 0 saturated heterocycles. The van der Waals surface area contributed by atoms with Gasteiger partial charge in [0.2, 0.25) is 0 Å². The molecule has 24 heavy (non-hydrogen) atoms. The van der Waals surface area contributed by atoms with Crippen LogP contribution in [0.1, 0.15) is 38.7 Å². The van der Waals surface area contributed by atoms with Gasteiger partial charge in [-0.1, -0.05) is 34.1 Å². The highest BCUT2D eigenvalue weighted by Crippen LogP contribution is 2.53. The molecule has 0 spiro atoms. The predicted octanol–water partition coefficient (Wildman–Crippen LogP) is 3.64. The van der Waals surface area contributed by atoms with E-state index in [1.54, 1.807) is 7.11 Å². The van der Waals surface area contributed by atoms with Crippen molar-refractivity contribution in [2.45, 2.75) is 23.3 Å². The van der Waals surface area contributed by atoms with E-state index in [0.717, 1.165) is 22.6 Å². The summed E-state index contributed by atoms with van der Waals surface area (Å²) >= 11 is 3.60.